The maximum Gasteiger partial charge on any atom is 0.213 e. The number of guanidine groups is 1. The number of aromatic nitrogens is 1. The molecule has 1 aromatic heterocycles. The molecule has 2 N–H and O–H groups in total. The second-order valence-electron chi connectivity index (χ2n) is 7.70. The highest BCUT2D eigenvalue weighted by Crippen LogP contribution is 2.11. The number of para-hydroxylation sites is 1. The highest BCUT2D eigenvalue weighted by atomic mass is 127. The van der Waals surface area contributed by atoms with Gasteiger partial charge >= 0.3 is 0 Å². The van der Waals surface area contributed by atoms with Gasteiger partial charge in [-0.2, -0.15) is 0 Å². The molecule has 1 aliphatic heterocycles. The van der Waals surface area contributed by atoms with E-state index in [1.165, 1.54) is 13.0 Å². The predicted octanol–water partition coefficient (Wildman–Crippen LogP) is 3.70. The van der Waals surface area contributed by atoms with Crippen LogP contribution in [0.2, 0.25) is 0 Å². The van der Waals surface area contributed by atoms with Crippen LogP contribution in [0.5, 0.6) is 11.6 Å². The van der Waals surface area contributed by atoms with Gasteiger partial charge in [0.2, 0.25) is 5.88 Å². The molecular formula is C24H36IN5O2. The maximum absolute atomic E-state index is 5.66. The second-order valence-corrected chi connectivity index (χ2v) is 7.70. The molecular weight excluding hydrogens is 517 g/mol. The quantitative estimate of drug-likeness (QED) is 0.203. The first-order valence-electron chi connectivity index (χ1n) is 11.2. The summed E-state index contributed by atoms with van der Waals surface area (Å²) in [6, 6.07) is 14.1. The van der Waals surface area contributed by atoms with Crippen molar-refractivity contribution in [3.8, 4) is 11.6 Å². The van der Waals surface area contributed by atoms with Crippen LogP contribution in [-0.4, -0.2) is 61.8 Å². The van der Waals surface area contributed by atoms with Gasteiger partial charge in [0.25, 0.3) is 0 Å². The van der Waals surface area contributed by atoms with Crippen LogP contribution in [-0.2, 0) is 6.54 Å². The Morgan fingerprint density at radius 1 is 1.09 bits per heavy atom. The first-order valence-corrected chi connectivity index (χ1v) is 11.2. The molecule has 0 saturated carbocycles. The number of likely N-dealkylation sites (tertiary alicyclic amines) is 1. The summed E-state index contributed by atoms with van der Waals surface area (Å²) in [5, 5.41) is 6.93. The molecule has 0 atom stereocenters. The van der Waals surface area contributed by atoms with Gasteiger partial charge in [0.1, 0.15) is 19.0 Å². The van der Waals surface area contributed by atoms with Gasteiger partial charge in [-0.05, 0) is 43.5 Å². The van der Waals surface area contributed by atoms with Crippen LogP contribution in [0.4, 0.5) is 0 Å². The standard InChI is InChI=1S/C24H35N5O2.HI/c1-3-13-29-14-11-21(12-15-29)28-24(25-2)27-19-20-9-10-23(26-18-20)31-17-16-30-22-7-5-4-6-8-22;/h4-10,18,21H,3,11-17,19H2,1-2H3,(H2,25,27,28);1H. The van der Waals surface area contributed by atoms with E-state index in [9.17, 15) is 0 Å². The number of ether oxygens (including phenoxy) is 2. The summed E-state index contributed by atoms with van der Waals surface area (Å²) in [6.07, 6.45) is 5.36. The van der Waals surface area contributed by atoms with Crippen LogP contribution >= 0.6 is 24.0 Å². The largest absolute Gasteiger partial charge is 0.490 e. The van der Waals surface area contributed by atoms with Gasteiger partial charge in [-0.1, -0.05) is 31.2 Å². The normalized spacial score (nSPS) is 15.0. The van der Waals surface area contributed by atoms with Gasteiger partial charge < -0.3 is 25.0 Å². The number of nitrogens with zero attached hydrogens (tertiary/aromatic N) is 3. The molecule has 0 bridgehead atoms. The Bertz CT molecular complexity index is 781. The summed E-state index contributed by atoms with van der Waals surface area (Å²) < 4.78 is 11.3. The molecule has 8 heteroatoms. The van der Waals surface area contributed by atoms with Crippen LogP contribution in [0.15, 0.2) is 53.7 Å². The third-order valence-corrected chi connectivity index (χ3v) is 5.29. The summed E-state index contributed by atoms with van der Waals surface area (Å²) in [7, 11) is 1.81. The van der Waals surface area contributed by atoms with Crippen molar-refractivity contribution in [3.63, 3.8) is 0 Å². The average Bonchev–Trinajstić information content (AvgIpc) is 2.82. The maximum atomic E-state index is 5.66. The molecule has 0 spiro atoms. The van der Waals surface area contributed by atoms with Crippen LogP contribution in [0.1, 0.15) is 31.7 Å². The molecule has 1 aliphatic rings. The van der Waals surface area contributed by atoms with Crippen LogP contribution in [0.3, 0.4) is 0 Å². The van der Waals surface area contributed by atoms with Crippen molar-refractivity contribution < 1.29 is 9.47 Å². The van der Waals surface area contributed by atoms with Crippen molar-refractivity contribution in [2.75, 3.05) is 39.9 Å². The van der Waals surface area contributed by atoms with Gasteiger partial charge in [-0.15, -0.1) is 24.0 Å². The molecule has 1 aromatic carbocycles. The van der Waals surface area contributed by atoms with Crippen molar-refractivity contribution >= 4 is 29.9 Å². The number of rotatable bonds is 10. The fourth-order valence-electron chi connectivity index (χ4n) is 3.61. The molecule has 2 heterocycles. The van der Waals surface area contributed by atoms with E-state index in [4.69, 9.17) is 9.47 Å². The molecule has 1 fully saturated rings. The number of hydrogen-bond acceptors (Lipinski definition) is 5. The Hall–Kier alpha value is -2.07. The lowest BCUT2D eigenvalue weighted by atomic mass is 10.1. The fraction of sp³-hybridized carbons (Fsp3) is 0.500. The second kappa shape index (κ2) is 14.9. The number of nitrogens with one attached hydrogen (secondary N) is 2. The number of piperidine rings is 1. The van der Waals surface area contributed by atoms with Crippen molar-refractivity contribution in [2.24, 2.45) is 4.99 Å². The lowest BCUT2D eigenvalue weighted by Crippen LogP contribution is -2.48. The highest BCUT2D eigenvalue weighted by Gasteiger charge is 2.19. The Labute approximate surface area is 209 Å². The molecule has 1 saturated heterocycles. The van der Waals surface area contributed by atoms with E-state index in [1.54, 1.807) is 0 Å². The van der Waals surface area contributed by atoms with Gasteiger partial charge in [0.15, 0.2) is 5.96 Å². The average molecular weight is 553 g/mol. The van der Waals surface area contributed by atoms with Crippen molar-refractivity contribution in [1.29, 1.82) is 0 Å². The third kappa shape index (κ3) is 9.20. The van der Waals surface area contributed by atoms with E-state index in [1.807, 2.05) is 55.7 Å². The minimum absolute atomic E-state index is 0. The Morgan fingerprint density at radius 3 is 2.50 bits per heavy atom. The Kier molecular flexibility index (Phi) is 12.2. The van der Waals surface area contributed by atoms with Gasteiger partial charge in [-0.3, -0.25) is 4.99 Å². The van der Waals surface area contributed by atoms with E-state index in [2.05, 4.69) is 32.4 Å². The molecule has 3 rings (SSSR count). The summed E-state index contributed by atoms with van der Waals surface area (Å²) >= 11 is 0. The number of halogens is 1. The zero-order valence-electron chi connectivity index (χ0n) is 19.1. The highest BCUT2D eigenvalue weighted by molar-refractivity contribution is 14.0. The van der Waals surface area contributed by atoms with E-state index < -0.39 is 0 Å². The molecule has 176 valence electrons. The topological polar surface area (TPSA) is 71.0 Å². The van der Waals surface area contributed by atoms with E-state index >= 15 is 0 Å². The predicted molar refractivity (Wildman–Crippen MR) is 140 cm³/mol. The molecule has 0 amide bonds. The van der Waals surface area contributed by atoms with Crippen LogP contribution < -0.4 is 20.1 Å². The van der Waals surface area contributed by atoms with Crippen LogP contribution in [0.25, 0.3) is 0 Å². The van der Waals surface area contributed by atoms with Gasteiger partial charge in [0, 0.05) is 45.0 Å². The van der Waals surface area contributed by atoms with Crippen molar-refractivity contribution in [1.82, 2.24) is 20.5 Å². The minimum atomic E-state index is 0. The van der Waals surface area contributed by atoms with E-state index in [-0.39, 0.29) is 24.0 Å². The van der Waals surface area contributed by atoms with Gasteiger partial charge in [-0.25, -0.2) is 4.98 Å². The van der Waals surface area contributed by atoms with E-state index in [0.29, 0.717) is 31.7 Å². The number of aliphatic imine (C=N–C) groups is 1. The number of hydrogen-bond donors (Lipinski definition) is 2. The molecule has 32 heavy (non-hydrogen) atoms. The Morgan fingerprint density at radius 2 is 1.84 bits per heavy atom. The summed E-state index contributed by atoms with van der Waals surface area (Å²) in [4.78, 5) is 11.3. The fourth-order valence-corrected chi connectivity index (χ4v) is 3.61. The molecule has 0 radical (unpaired) electrons. The first-order chi connectivity index (χ1) is 15.3. The van der Waals surface area contributed by atoms with Crippen LogP contribution in [0, 0.1) is 0 Å². The lowest BCUT2D eigenvalue weighted by molar-refractivity contribution is 0.206. The summed E-state index contributed by atoms with van der Waals surface area (Å²) in [6.45, 7) is 7.35. The van der Waals surface area contributed by atoms with E-state index in [0.717, 1.165) is 43.2 Å². The molecule has 7 nitrogen and oxygen atoms in total. The minimum Gasteiger partial charge on any atom is -0.490 e. The zero-order chi connectivity index (χ0) is 21.7. The monoisotopic (exact) mass is 553 g/mol. The summed E-state index contributed by atoms with van der Waals surface area (Å²) in [5.74, 6) is 2.28. The first kappa shape index (κ1) is 26.2. The van der Waals surface area contributed by atoms with Crippen molar-refractivity contribution in [3.05, 3.63) is 54.2 Å². The van der Waals surface area contributed by atoms with Crippen molar-refractivity contribution in [2.45, 2.75) is 38.8 Å². The lowest BCUT2D eigenvalue weighted by Gasteiger charge is -2.32. The SMILES string of the molecule is CCCN1CCC(NC(=NC)NCc2ccc(OCCOc3ccccc3)nc2)CC1.I. The third-order valence-electron chi connectivity index (χ3n) is 5.29. The number of benzene rings is 1. The van der Waals surface area contributed by atoms with Gasteiger partial charge in [0.05, 0.1) is 0 Å². The Balaban J connectivity index is 0.00000363. The smallest absolute Gasteiger partial charge is 0.213 e. The zero-order valence-corrected chi connectivity index (χ0v) is 21.5. The molecule has 0 unspecified atom stereocenters. The molecule has 0 aliphatic carbocycles. The summed E-state index contributed by atoms with van der Waals surface area (Å²) in [5.41, 5.74) is 1.08. The number of pyridine rings is 1. The molecule has 2 aromatic rings.